The van der Waals surface area contributed by atoms with Gasteiger partial charge in [0.2, 0.25) is 0 Å². The van der Waals surface area contributed by atoms with Gasteiger partial charge in [0.15, 0.2) is 6.23 Å². The third-order valence-electron chi connectivity index (χ3n) is 4.07. The van der Waals surface area contributed by atoms with Crippen LogP contribution in [0.4, 0.5) is 0 Å². The van der Waals surface area contributed by atoms with E-state index in [1.807, 2.05) is 12.1 Å². The summed E-state index contributed by atoms with van der Waals surface area (Å²) in [5.74, 6) is 0.649. The molecule has 1 aromatic rings. The smallest absolute Gasteiger partial charge is 0.156 e. The van der Waals surface area contributed by atoms with Crippen molar-refractivity contribution in [3.8, 4) is 0 Å². The lowest BCUT2D eigenvalue weighted by Crippen LogP contribution is -2.66. The summed E-state index contributed by atoms with van der Waals surface area (Å²) < 4.78 is 0. The van der Waals surface area contributed by atoms with Gasteiger partial charge >= 0.3 is 0 Å². The Kier molecular flexibility index (Phi) is 6.94. The summed E-state index contributed by atoms with van der Waals surface area (Å²) in [5.41, 5.74) is 0.466. The van der Waals surface area contributed by atoms with E-state index < -0.39 is 37.2 Å². The molecule has 0 bridgehead atoms. The van der Waals surface area contributed by atoms with Gasteiger partial charge in [0.05, 0.1) is 12.6 Å². The van der Waals surface area contributed by atoms with Crippen LogP contribution in [0.5, 0.6) is 0 Å². The Morgan fingerprint density at radius 3 is 2.29 bits per heavy atom. The molecule has 0 aliphatic carbocycles. The van der Waals surface area contributed by atoms with Crippen LogP contribution in [0.15, 0.2) is 41.4 Å². The predicted octanol–water partition coefficient (Wildman–Crippen LogP) is 0.414. The zero-order valence-electron chi connectivity index (χ0n) is 13.0. The van der Waals surface area contributed by atoms with E-state index in [-0.39, 0.29) is 0 Å². The Balaban J connectivity index is 1.97. The summed E-state index contributed by atoms with van der Waals surface area (Å²) in [4.78, 5) is 2.31. The third kappa shape index (κ3) is 4.23. The molecule has 5 atom stereocenters. The number of piperidine rings is 1. The second-order valence-electron chi connectivity index (χ2n) is 5.66. The van der Waals surface area contributed by atoms with Crippen molar-refractivity contribution in [1.29, 1.82) is 0 Å². The van der Waals surface area contributed by atoms with Crippen LogP contribution < -0.4 is 0 Å². The SMILES string of the molecule is C=C(CCSc1ccc(Cl)cc1)N1C(O)[C@H](O)[C@@H](O)[C@H](O)[C@H]1CO. The van der Waals surface area contributed by atoms with Crippen LogP contribution in [-0.4, -0.2) is 73.4 Å². The Hall–Kier alpha value is -0.800. The fourth-order valence-electron chi connectivity index (χ4n) is 2.70. The monoisotopic (exact) mass is 375 g/mol. The van der Waals surface area contributed by atoms with Crippen molar-refractivity contribution in [1.82, 2.24) is 4.90 Å². The number of hydrogen-bond acceptors (Lipinski definition) is 7. The molecule has 1 aliphatic rings. The summed E-state index contributed by atoms with van der Waals surface area (Å²) >= 11 is 7.40. The second-order valence-corrected chi connectivity index (χ2v) is 7.27. The number of rotatable bonds is 6. The average molecular weight is 376 g/mol. The van der Waals surface area contributed by atoms with Crippen LogP contribution in [0, 0.1) is 0 Å². The Bertz CT molecular complexity index is 558. The summed E-state index contributed by atoms with van der Waals surface area (Å²) in [5, 5.41) is 49.8. The van der Waals surface area contributed by atoms with Gasteiger partial charge in [-0.2, -0.15) is 0 Å². The summed E-state index contributed by atoms with van der Waals surface area (Å²) in [6, 6.07) is 6.45. The highest BCUT2D eigenvalue weighted by Gasteiger charge is 2.47. The summed E-state index contributed by atoms with van der Waals surface area (Å²) in [6.45, 7) is 3.40. The van der Waals surface area contributed by atoms with Crippen molar-refractivity contribution < 1.29 is 25.5 Å². The Morgan fingerprint density at radius 1 is 1.08 bits per heavy atom. The molecule has 134 valence electrons. The minimum Gasteiger partial charge on any atom is -0.394 e. The molecule has 1 heterocycles. The topological polar surface area (TPSA) is 104 Å². The van der Waals surface area contributed by atoms with E-state index in [1.165, 1.54) is 4.90 Å². The number of thioether (sulfide) groups is 1. The lowest BCUT2D eigenvalue weighted by Gasteiger charge is -2.48. The van der Waals surface area contributed by atoms with Crippen molar-refractivity contribution in [3.05, 3.63) is 41.6 Å². The van der Waals surface area contributed by atoms with E-state index >= 15 is 0 Å². The van der Waals surface area contributed by atoms with Crippen molar-refractivity contribution in [2.75, 3.05) is 12.4 Å². The molecule has 0 saturated carbocycles. The molecule has 5 N–H and O–H groups in total. The average Bonchev–Trinajstić information content (AvgIpc) is 2.57. The van der Waals surface area contributed by atoms with Gasteiger partial charge in [-0.05, 0) is 30.7 Å². The number of hydrogen-bond donors (Lipinski definition) is 5. The number of likely N-dealkylation sites (tertiary alicyclic amines) is 1. The van der Waals surface area contributed by atoms with Crippen molar-refractivity contribution in [2.45, 2.75) is 41.9 Å². The van der Waals surface area contributed by atoms with Crippen LogP contribution >= 0.6 is 23.4 Å². The van der Waals surface area contributed by atoms with Gasteiger partial charge in [0.25, 0.3) is 0 Å². The van der Waals surface area contributed by atoms with Crippen LogP contribution in [0.25, 0.3) is 0 Å². The van der Waals surface area contributed by atoms with Gasteiger partial charge in [-0.3, -0.25) is 0 Å². The quantitative estimate of drug-likeness (QED) is 0.459. The lowest BCUT2D eigenvalue weighted by molar-refractivity contribution is -0.212. The molecular weight excluding hydrogens is 354 g/mol. The van der Waals surface area contributed by atoms with Gasteiger partial charge in [0, 0.05) is 21.4 Å². The van der Waals surface area contributed by atoms with Gasteiger partial charge in [-0.25, -0.2) is 0 Å². The van der Waals surface area contributed by atoms with Crippen LogP contribution in [0.2, 0.25) is 5.02 Å². The lowest BCUT2D eigenvalue weighted by atomic mass is 9.92. The van der Waals surface area contributed by atoms with Crippen molar-refractivity contribution in [2.24, 2.45) is 0 Å². The van der Waals surface area contributed by atoms with Gasteiger partial charge < -0.3 is 30.4 Å². The van der Waals surface area contributed by atoms with E-state index in [2.05, 4.69) is 6.58 Å². The molecule has 0 spiro atoms. The molecule has 1 saturated heterocycles. The first-order valence-corrected chi connectivity index (χ1v) is 8.90. The van der Waals surface area contributed by atoms with Crippen molar-refractivity contribution >= 4 is 23.4 Å². The third-order valence-corrected chi connectivity index (χ3v) is 5.33. The molecule has 1 fully saturated rings. The first-order chi connectivity index (χ1) is 11.4. The Labute approximate surface area is 150 Å². The van der Waals surface area contributed by atoms with Gasteiger partial charge in [0.1, 0.15) is 18.3 Å². The molecular formula is C16H22ClNO5S. The summed E-state index contributed by atoms with van der Waals surface area (Å²) in [7, 11) is 0. The van der Waals surface area contributed by atoms with E-state index in [0.717, 1.165) is 4.90 Å². The maximum atomic E-state index is 10.2. The minimum absolute atomic E-state index is 0.466. The zero-order valence-corrected chi connectivity index (χ0v) is 14.6. The molecule has 24 heavy (non-hydrogen) atoms. The first kappa shape index (κ1) is 19.5. The van der Waals surface area contributed by atoms with E-state index in [4.69, 9.17) is 11.6 Å². The van der Waals surface area contributed by atoms with Crippen LogP contribution in [0.3, 0.4) is 0 Å². The molecule has 2 rings (SSSR count). The fraction of sp³-hybridized carbons (Fsp3) is 0.500. The van der Waals surface area contributed by atoms with Gasteiger partial charge in [-0.15, -0.1) is 11.8 Å². The highest BCUT2D eigenvalue weighted by molar-refractivity contribution is 7.99. The Morgan fingerprint density at radius 2 is 1.71 bits per heavy atom. The van der Waals surface area contributed by atoms with Crippen molar-refractivity contribution in [3.63, 3.8) is 0 Å². The van der Waals surface area contributed by atoms with Gasteiger partial charge in [-0.1, -0.05) is 18.2 Å². The molecule has 6 nitrogen and oxygen atoms in total. The molecule has 1 aromatic carbocycles. The number of aliphatic hydroxyl groups excluding tert-OH is 5. The summed E-state index contributed by atoms with van der Waals surface area (Å²) in [6.07, 6.45) is -5.41. The van der Waals surface area contributed by atoms with Crippen LogP contribution in [-0.2, 0) is 0 Å². The van der Waals surface area contributed by atoms with E-state index in [1.54, 1.807) is 23.9 Å². The molecule has 1 unspecified atom stereocenters. The maximum Gasteiger partial charge on any atom is 0.156 e. The standard InChI is InChI=1S/C16H22ClNO5S/c1-9(6-7-24-11-4-2-10(17)3-5-11)18-12(8-19)13(20)14(21)15(22)16(18)23/h2-5,12-16,19-23H,1,6-8H2/t12-,13-,14+,15-,16?/m1/s1. The minimum atomic E-state index is -1.54. The van der Waals surface area contributed by atoms with E-state index in [9.17, 15) is 25.5 Å². The normalized spacial score (nSPS) is 30.4. The number of halogens is 1. The molecule has 0 amide bonds. The van der Waals surface area contributed by atoms with E-state index in [0.29, 0.717) is 22.9 Å². The van der Waals surface area contributed by atoms with Crippen LogP contribution in [0.1, 0.15) is 6.42 Å². The number of benzene rings is 1. The predicted molar refractivity (Wildman–Crippen MR) is 92.7 cm³/mol. The molecule has 8 heteroatoms. The zero-order chi connectivity index (χ0) is 17.9. The number of allylic oxidation sites excluding steroid dienone is 1. The maximum absolute atomic E-state index is 10.2. The number of aliphatic hydroxyl groups is 5. The highest BCUT2D eigenvalue weighted by Crippen LogP contribution is 2.29. The molecule has 1 aliphatic heterocycles. The fourth-order valence-corrected chi connectivity index (χ4v) is 3.72. The number of nitrogens with zero attached hydrogens (tertiary/aromatic N) is 1. The molecule has 0 aromatic heterocycles. The molecule has 0 radical (unpaired) electrons. The second kappa shape index (κ2) is 8.53. The largest absolute Gasteiger partial charge is 0.394 e. The first-order valence-electron chi connectivity index (χ1n) is 7.54. The highest BCUT2D eigenvalue weighted by atomic mass is 35.5.